The monoisotopic (exact) mass is 190 g/mol. The van der Waals surface area contributed by atoms with E-state index in [2.05, 4.69) is 4.98 Å². The summed E-state index contributed by atoms with van der Waals surface area (Å²) in [5.41, 5.74) is 6.54. The van der Waals surface area contributed by atoms with Gasteiger partial charge in [0.1, 0.15) is 0 Å². The van der Waals surface area contributed by atoms with Gasteiger partial charge in [0, 0.05) is 18.3 Å². The van der Waals surface area contributed by atoms with E-state index >= 15 is 0 Å². The van der Waals surface area contributed by atoms with Crippen molar-refractivity contribution in [3.8, 4) is 0 Å². The second kappa shape index (κ2) is 4.56. The molecule has 0 spiro atoms. The molecule has 0 bridgehead atoms. The molecule has 3 heteroatoms. The van der Waals surface area contributed by atoms with Crippen LogP contribution in [0.25, 0.3) is 5.57 Å². The number of aromatic nitrogens is 1. The van der Waals surface area contributed by atoms with Crippen LogP contribution in [-0.2, 0) is 4.79 Å². The Kier molecular flexibility index (Phi) is 3.40. The summed E-state index contributed by atoms with van der Waals surface area (Å²) in [5.74, 6) is -0.0435. The molecule has 1 rings (SSSR count). The quantitative estimate of drug-likeness (QED) is 0.736. The number of hydrogen-bond donors (Lipinski definition) is 1. The summed E-state index contributed by atoms with van der Waals surface area (Å²) in [6.45, 7) is 3.68. The zero-order valence-corrected chi connectivity index (χ0v) is 8.40. The number of Topliss-reactive ketones (excluding diaryl/α,β-unsaturated/α-hetero) is 1. The molecular weight excluding hydrogens is 176 g/mol. The molecule has 0 atom stereocenters. The van der Waals surface area contributed by atoms with E-state index in [0.717, 1.165) is 0 Å². The maximum Gasteiger partial charge on any atom is 0.169 e. The lowest BCUT2D eigenvalue weighted by Crippen LogP contribution is -2.11. The van der Waals surface area contributed by atoms with Gasteiger partial charge in [0.15, 0.2) is 5.78 Å². The average molecular weight is 190 g/mol. The fourth-order valence-electron chi connectivity index (χ4n) is 1.13. The number of nitrogens with two attached hydrogens (primary N) is 1. The van der Waals surface area contributed by atoms with Crippen LogP contribution in [0.4, 0.5) is 0 Å². The Balaban J connectivity index is 3.01. The first kappa shape index (κ1) is 10.4. The molecular formula is C11H14N2O. The van der Waals surface area contributed by atoms with Crippen LogP contribution >= 0.6 is 0 Å². The minimum absolute atomic E-state index is 0.0196. The highest BCUT2D eigenvalue weighted by molar-refractivity contribution is 6.20. The first-order valence-electron chi connectivity index (χ1n) is 4.54. The van der Waals surface area contributed by atoms with Crippen LogP contribution in [0.3, 0.4) is 0 Å². The SMILES string of the molecule is CC(C)C(=O)C(=CN)c1ccccn1. The predicted octanol–water partition coefficient (Wildman–Crippen LogP) is 1.61. The lowest BCUT2D eigenvalue weighted by Gasteiger charge is -2.07. The second-order valence-electron chi connectivity index (χ2n) is 3.31. The number of carbonyl (C=O) groups is 1. The third-order valence-corrected chi connectivity index (χ3v) is 1.90. The van der Waals surface area contributed by atoms with Crippen molar-refractivity contribution in [3.05, 3.63) is 36.3 Å². The fourth-order valence-corrected chi connectivity index (χ4v) is 1.13. The van der Waals surface area contributed by atoms with E-state index in [1.807, 2.05) is 19.9 Å². The Morgan fingerprint density at radius 1 is 1.50 bits per heavy atom. The second-order valence-corrected chi connectivity index (χ2v) is 3.31. The minimum Gasteiger partial charge on any atom is -0.404 e. The number of pyridine rings is 1. The van der Waals surface area contributed by atoms with Gasteiger partial charge in [-0.3, -0.25) is 9.78 Å². The molecule has 0 saturated heterocycles. The summed E-state index contributed by atoms with van der Waals surface area (Å²) >= 11 is 0. The van der Waals surface area contributed by atoms with Gasteiger partial charge in [0.2, 0.25) is 0 Å². The summed E-state index contributed by atoms with van der Waals surface area (Å²) in [7, 11) is 0. The third-order valence-electron chi connectivity index (χ3n) is 1.90. The number of nitrogens with zero attached hydrogens (tertiary/aromatic N) is 1. The number of allylic oxidation sites excluding steroid dienone is 1. The van der Waals surface area contributed by atoms with Gasteiger partial charge in [0.05, 0.1) is 11.3 Å². The first-order valence-corrected chi connectivity index (χ1v) is 4.54. The van der Waals surface area contributed by atoms with Gasteiger partial charge in [-0.15, -0.1) is 0 Å². The van der Waals surface area contributed by atoms with Gasteiger partial charge in [-0.05, 0) is 12.1 Å². The standard InChI is InChI=1S/C11H14N2O/c1-8(2)11(14)9(7-12)10-5-3-4-6-13-10/h3-8H,12H2,1-2H3. The van der Waals surface area contributed by atoms with Crippen molar-refractivity contribution < 1.29 is 4.79 Å². The Labute approximate surface area is 83.7 Å². The largest absolute Gasteiger partial charge is 0.404 e. The van der Waals surface area contributed by atoms with Gasteiger partial charge >= 0.3 is 0 Å². The van der Waals surface area contributed by atoms with E-state index in [1.54, 1.807) is 18.3 Å². The van der Waals surface area contributed by atoms with Crippen molar-refractivity contribution in [2.45, 2.75) is 13.8 Å². The summed E-state index contributed by atoms with van der Waals surface area (Å²) in [4.78, 5) is 15.8. The lowest BCUT2D eigenvalue weighted by molar-refractivity contribution is -0.116. The lowest BCUT2D eigenvalue weighted by atomic mass is 9.99. The molecule has 74 valence electrons. The fraction of sp³-hybridized carbons (Fsp3) is 0.273. The normalized spacial score (nSPS) is 11.8. The van der Waals surface area contributed by atoms with E-state index in [1.165, 1.54) is 6.20 Å². The molecule has 3 nitrogen and oxygen atoms in total. The molecule has 1 heterocycles. The predicted molar refractivity (Wildman–Crippen MR) is 56.2 cm³/mol. The van der Waals surface area contributed by atoms with Gasteiger partial charge in [-0.2, -0.15) is 0 Å². The maximum absolute atomic E-state index is 11.7. The summed E-state index contributed by atoms with van der Waals surface area (Å²) in [5, 5.41) is 0. The number of rotatable bonds is 3. The number of ketones is 1. The molecule has 0 aliphatic heterocycles. The molecule has 2 N–H and O–H groups in total. The van der Waals surface area contributed by atoms with Gasteiger partial charge in [-0.1, -0.05) is 19.9 Å². The highest BCUT2D eigenvalue weighted by atomic mass is 16.1. The molecule has 0 saturated carbocycles. The van der Waals surface area contributed by atoms with Crippen molar-refractivity contribution in [2.75, 3.05) is 0 Å². The van der Waals surface area contributed by atoms with Crippen LogP contribution in [0.15, 0.2) is 30.6 Å². The van der Waals surface area contributed by atoms with Gasteiger partial charge in [-0.25, -0.2) is 0 Å². The molecule has 0 aromatic carbocycles. The minimum atomic E-state index is -0.0631. The Bertz CT molecular complexity index is 342. The van der Waals surface area contributed by atoms with E-state index < -0.39 is 0 Å². The van der Waals surface area contributed by atoms with Crippen molar-refractivity contribution in [1.29, 1.82) is 0 Å². The first-order chi connectivity index (χ1) is 6.66. The maximum atomic E-state index is 11.7. The number of carbonyl (C=O) groups excluding carboxylic acids is 1. The molecule has 0 radical (unpaired) electrons. The van der Waals surface area contributed by atoms with Crippen molar-refractivity contribution >= 4 is 11.4 Å². The van der Waals surface area contributed by atoms with Crippen molar-refractivity contribution in [1.82, 2.24) is 4.98 Å². The van der Waals surface area contributed by atoms with Crippen molar-refractivity contribution in [2.24, 2.45) is 11.7 Å². The molecule has 0 aliphatic rings. The molecule has 0 fully saturated rings. The summed E-state index contributed by atoms with van der Waals surface area (Å²) in [6.07, 6.45) is 2.97. The van der Waals surface area contributed by atoms with E-state index in [4.69, 9.17) is 5.73 Å². The molecule has 1 aromatic heterocycles. The van der Waals surface area contributed by atoms with Crippen LogP contribution in [0.1, 0.15) is 19.5 Å². The summed E-state index contributed by atoms with van der Waals surface area (Å²) in [6, 6.07) is 5.41. The van der Waals surface area contributed by atoms with E-state index in [-0.39, 0.29) is 11.7 Å². The van der Waals surface area contributed by atoms with Crippen molar-refractivity contribution in [3.63, 3.8) is 0 Å². The smallest absolute Gasteiger partial charge is 0.169 e. The average Bonchev–Trinajstić information content (AvgIpc) is 2.20. The van der Waals surface area contributed by atoms with Crippen LogP contribution < -0.4 is 5.73 Å². The van der Waals surface area contributed by atoms with E-state index in [9.17, 15) is 4.79 Å². The van der Waals surface area contributed by atoms with Crippen LogP contribution in [0.5, 0.6) is 0 Å². The third kappa shape index (κ3) is 2.19. The zero-order chi connectivity index (χ0) is 10.6. The highest BCUT2D eigenvalue weighted by Crippen LogP contribution is 2.15. The molecule has 0 amide bonds. The molecule has 0 aliphatic carbocycles. The van der Waals surface area contributed by atoms with Gasteiger partial charge in [0.25, 0.3) is 0 Å². The van der Waals surface area contributed by atoms with Crippen LogP contribution in [-0.4, -0.2) is 10.8 Å². The zero-order valence-electron chi connectivity index (χ0n) is 8.40. The van der Waals surface area contributed by atoms with Crippen LogP contribution in [0.2, 0.25) is 0 Å². The molecule has 0 unspecified atom stereocenters. The Morgan fingerprint density at radius 2 is 2.21 bits per heavy atom. The van der Waals surface area contributed by atoms with E-state index in [0.29, 0.717) is 11.3 Å². The van der Waals surface area contributed by atoms with Gasteiger partial charge < -0.3 is 5.73 Å². The topological polar surface area (TPSA) is 56.0 Å². The van der Waals surface area contributed by atoms with Crippen LogP contribution in [0, 0.1) is 5.92 Å². The number of hydrogen-bond acceptors (Lipinski definition) is 3. The molecule has 1 aromatic rings. The summed E-state index contributed by atoms with van der Waals surface area (Å²) < 4.78 is 0. The highest BCUT2D eigenvalue weighted by Gasteiger charge is 2.15. The Hall–Kier alpha value is -1.64. The molecule has 14 heavy (non-hydrogen) atoms. The Morgan fingerprint density at radius 3 is 2.64 bits per heavy atom.